The first-order valence-electron chi connectivity index (χ1n) is 5.95. The Morgan fingerprint density at radius 2 is 2.32 bits per heavy atom. The Morgan fingerprint density at radius 1 is 1.58 bits per heavy atom. The maximum atomic E-state index is 12.5. The summed E-state index contributed by atoms with van der Waals surface area (Å²) < 4.78 is 6.23. The molecule has 1 heterocycles. The number of thiocarbonyl (C=S) groups is 1. The lowest BCUT2D eigenvalue weighted by atomic mass is 10.1. The van der Waals surface area contributed by atoms with E-state index in [1.807, 2.05) is 25.1 Å². The van der Waals surface area contributed by atoms with Crippen LogP contribution in [0.4, 0.5) is 0 Å². The standard InChI is InChI=1S/C13H15BrN2O2S/c1-8-2-3-9(10(14)6-8)13(17)16-4-5-18-11(7-16)12(15)19/h2-3,6,11H,4-5,7H2,1H3,(H2,15,19). The number of hydrogen-bond acceptors (Lipinski definition) is 3. The Hall–Kier alpha value is -0.980. The molecular formula is C13H15BrN2O2S. The zero-order valence-corrected chi connectivity index (χ0v) is 13.0. The van der Waals surface area contributed by atoms with Crippen LogP contribution in [0.1, 0.15) is 15.9 Å². The topological polar surface area (TPSA) is 55.6 Å². The monoisotopic (exact) mass is 342 g/mol. The first kappa shape index (κ1) is 14.4. The number of benzene rings is 1. The number of morpholine rings is 1. The first-order chi connectivity index (χ1) is 8.99. The van der Waals surface area contributed by atoms with E-state index in [9.17, 15) is 4.79 Å². The average Bonchev–Trinajstić information content (AvgIpc) is 2.38. The van der Waals surface area contributed by atoms with Crippen LogP contribution < -0.4 is 5.73 Å². The molecule has 0 aromatic heterocycles. The molecule has 1 aliphatic rings. The van der Waals surface area contributed by atoms with Gasteiger partial charge < -0.3 is 15.4 Å². The maximum absolute atomic E-state index is 12.5. The first-order valence-corrected chi connectivity index (χ1v) is 7.15. The van der Waals surface area contributed by atoms with Crippen LogP contribution in [0, 0.1) is 6.92 Å². The number of nitrogens with two attached hydrogens (primary N) is 1. The van der Waals surface area contributed by atoms with Gasteiger partial charge in [0.15, 0.2) is 0 Å². The Balaban J connectivity index is 2.17. The summed E-state index contributed by atoms with van der Waals surface area (Å²) in [6, 6.07) is 5.68. The van der Waals surface area contributed by atoms with Gasteiger partial charge in [0.25, 0.3) is 5.91 Å². The molecule has 0 aliphatic carbocycles. The molecule has 1 aromatic carbocycles. The molecule has 19 heavy (non-hydrogen) atoms. The highest BCUT2D eigenvalue weighted by Crippen LogP contribution is 2.21. The van der Waals surface area contributed by atoms with Gasteiger partial charge in [0.05, 0.1) is 18.7 Å². The lowest BCUT2D eigenvalue weighted by Crippen LogP contribution is -2.50. The van der Waals surface area contributed by atoms with Gasteiger partial charge in [0.2, 0.25) is 0 Å². The summed E-state index contributed by atoms with van der Waals surface area (Å²) in [5.41, 5.74) is 7.33. The number of carbonyl (C=O) groups excluding carboxylic acids is 1. The van der Waals surface area contributed by atoms with Crippen molar-refractivity contribution >= 4 is 39.0 Å². The second-order valence-corrected chi connectivity index (χ2v) is 5.82. The molecule has 1 fully saturated rings. The number of amides is 1. The zero-order valence-electron chi connectivity index (χ0n) is 10.6. The van der Waals surface area contributed by atoms with Gasteiger partial charge in [-0.1, -0.05) is 18.3 Å². The maximum Gasteiger partial charge on any atom is 0.255 e. The number of carbonyl (C=O) groups is 1. The minimum absolute atomic E-state index is 0.0311. The highest BCUT2D eigenvalue weighted by Gasteiger charge is 2.27. The smallest absolute Gasteiger partial charge is 0.255 e. The van der Waals surface area contributed by atoms with Crippen molar-refractivity contribution in [1.82, 2.24) is 4.90 Å². The molecule has 2 N–H and O–H groups in total. The lowest BCUT2D eigenvalue weighted by Gasteiger charge is -2.32. The molecule has 0 radical (unpaired) electrons. The van der Waals surface area contributed by atoms with E-state index >= 15 is 0 Å². The van der Waals surface area contributed by atoms with Crippen LogP contribution in [0.5, 0.6) is 0 Å². The van der Waals surface area contributed by atoms with Gasteiger partial charge in [0.1, 0.15) is 11.1 Å². The van der Waals surface area contributed by atoms with E-state index in [2.05, 4.69) is 15.9 Å². The van der Waals surface area contributed by atoms with Gasteiger partial charge in [-0.25, -0.2) is 0 Å². The van der Waals surface area contributed by atoms with E-state index in [0.717, 1.165) is 10.0 Å². The van der Waals surface area contributed by atoms with Crippen LogP contribution in [-0.2, 0) is 4.74 Å². The molecule has 1 atom stereocenters. The van der Waals surface area contributed by atoms with Crippen LogP contribution >= 0.6 is 28.1 Å². The summed E-state index contributed by atoms with van der Waals surface area (Å²) in [5.74, 6) is -0.0311. The van der Waals surface area contributed by atoms with Crippen molar-refractivity contribution in [3.63, 3.8) is 0 Å². The van der Waals surface area contributed by atoms with Crippen molar-refractivity contribution in [1.29, 1.82) is 0 Å². The predicted molar refractivity (Wildman–Crippen MR) is 81.3 cm³/mol. The SMILES string of the molecule is Cc1ccc(C(=O)N2CCOC(C(N)=S)C2)c(Br)c1. The minimum atomic E-state index is -0.350. The largest absolute Gasteiger partial charge is 0.391 e. The van der Waals surface area contributed by atoms with Crippen molar-refractivity contribution in [3.8, 4) is 0 Å². The predicted octanol–water partition coefficient (Wildman–Crippen LogP) is 1.88. The van der Waals surface area contributed by atoms with Crippen molar-refractivity contribution in [2.45, 2.75) is 13.0 Å². The summed E-state index contributed by atoms with van der Waals surface area (Å²) in [4.78, 5) is 14.5. The Bertz CT molecular complexity index is 521. The molecule has 2 rings (SSSR count). The molecule has 1 amide bonds. The number of aryl methyl sites for hydroxylation is 1. The Morgan fingerprint density at radius 3 is 2.95 bits per heavy atom. The van der Waals surface area contributed by atoms with Crippen LogP contribution in [-0.4, -0.2) is 41.6 Å². The third kappa shape index (κ3) is 3.32. The highest BCUT2D eigenvalue weighted by molar-refractivity contribution is 9.10. The zero-order chi connectivity index (χ0) is 14.0. The van der Waals surface area contributed by atoms with Crippen LogP contribution in [0.3, 0.4) is 0 Å². The third-order valence-electron chi connectivity index (χ3n) is 3.03. The Labute approximate surface area is 126 Å². The fraction of sp³-hybridized carbons (Fsp3) is 0.385. The highest BCUT2D eigenvalue weighted by atomic mass is 79.9. The molecule has 1 unspecified atom stereocenters. The van der Waals surface area contributed by atoms with E-state index in [4.69, 9.17) is 22.7 Å². The van der Waals surface area contributed by atoms with Gasteiger partial charge >= 0.3 is 0 Å². The molecule has 6 heteroatoms. The summed E-state index contributed by atoms with van der Waals surface area (Å²) in [6.45, 7) is 3.40. The number of nitrogens with zero attached hydrogens (tertiary/aromatic N) is 1. The van der Waals surface area contributed by atoms with E-state index in [0.29, 0.717) is 30.2 Å². The average molecular weight is 343 g/mol. The van der Waals surface area contributed by atoms with E-state index in [-0.39, 0.29) is 12.0 Å². The normalized spacial score (nSPS) is 19.3. The lowest BCUT2D eigenvalue weighted by molar-refractivity contribution is 0.00874. The van der Waals surface area contributed by atoms with Gasteiger partial charge in [-0.05, 0) is 40.5 Å². The fourth-order valence-electron chi connectivity index (χ4n) is 1.97. The van der Waals surface area contributed by atoms with Crippen molar-refractivity contribution in [3.05, 3.63) is 33.8 Å². The number of hydrogen-bond donors (Lipinski definition) is 1. The summed E-state index contributed by atoms with van der Waals surface area (Å²) >= 11 is 8.35. The van der Waals surface area contributed by atoms with Crippen LogP contribution in [0.15, 0.2) is 22.7 Å². The minimum Gasteiger partial charge on any atom is -0.391 e. The number of ether oxygens (including phenoxy) is 1. The molecule has 1 saturated heterocycles. The molecule has 1 aliphatic heterocycles. The molecular weight excluding hydrogens is 328 g/mol. The summed E-state index contributed by atoms with van der Waals surface area (Å²) in [5, 5.41) is 0. The van der Waals surface area contributed by atoms with E-state index in [1.165, 1.54) is 0 Å². The van der Waals surface area contributed by atoms with E-state index < -0.39 is 0 Å². The second-order valence-electron chi connectivity index (χ2n) is 4.50. The van der Waals surface area contributed by atoms with Crippen LogP contribution in [0.2, 0.25) is 0 Å². The Kier molecular flexibility index (Phi) is 4.54. The number of halogens is 1. The third-order valence-corrected chi connectivity index (χ3v) is 3.94. The molecule has 1 aromatic rings. The van der Waals surface area contributed by atoms with Gasteiger partial charge in [-0.15, -0.1) is 0 Å². The quantitative estimate of drug-likeness (QED) is 0.834. The molecule has 0 spiro atoms. The van der Waals surface area contributed by atoms with E-state index in [1.54, 1.807) is 4.90 Å². The molecule has 4 nitrogen and oxygen atoms in total. The van der Waals surface area contributed by atoms with Crippen molar-refractivity contribution in [2.75, 3.05) is 19.7 Å². The fourth-order valence-corrected chi connectivity index (χ4v) is 2.78. The van der Waals surface area contributed by atoms with Gasteiger partial charge in [-0.3, -0.25) is 4.79 Å². The summed E-state index contributed by atoms with van der Waals surface area (Å²) in [6.07, 6.45) is -0.350. The number of rotatable bonds is 2. The van der Waals surface area contributed by atoms with Gasteiger partial charge in [0, 0.05) is 11.0 Å². The van der Waals surface area contributed by atoms with Crippen LogP contribution in [0.25, 0.3) is 0 Å². The summed E-state index contributed by atoms with van der Waals surface area (Å²) in [7, 11) is 0. The van der Waals surface area contributed by atoms with Crippen molar-refractivity contribution < 1.29 is 9.53 Å². The molecule has 0 saturated carbocycles. The second kappa shape index (κ2) is 5.98. The van der Waals surface area contributed by atoms with Gasteiger partial charge in [-0.2, -0.15) is 0 Å². The molecule has 102 valence electrons. The van der Waals surface area contributed by atoms with Crippen molar-refractivity contribution in [2.24, 2.45) is 5.73 Å². The molecule has 0 bridgehead atoms.